The van der Waals surface area contributed by atoms with Crippen molar-refractivity contribution < 1.29 is 23.8 Å². The van der Waals surface area contributed by atoms with E-state index in [0.717, 1.165) is 0 Å². The molecule has 0 fully saturated rings. The summed E-state index contributed by atoms with van der Waals surface area (Å²) in [5.41, 5.74) is 0.479. The number of hydrogen-bond donors (Lipinski definition) is 1. The molecule has 13 heteroatoms. The lowest BCUT2D eigenvalue weighted by Crippen LogP contribution is -2.51. The Morgan fingerprint density at radius 2 is 1.68 bits per heavy atom. The third kappa shape index (κ3) is 3.69. The van der Waals surface area contributed by atoms with Crippen LogP contribution in [-0.2, 0) is 10.3 Å². The monoisotopic (exact) mass is 594 g/mol. The van der Waals surface area contributed by atoms with Gasteiger partial charge in [-0.25, -0.2) is 9.97 Å². The Labute approximate surface area is 245 Å². The minimum Gasteiger partial charge on any atom is -0.495 e. The number of rotatable bonds is 6. The van der Waals surface area contributed by atoms with E-state index in [1.807, 2.05) is 18.4 Å². The van der Waals surface area contributed by atoms with Gasteiger partial charge in [-0.1, -0.05) is 29.3 Å². The van der Waals surface area contributed by atoms with Crippen molar-refractivity contribution in [1.29, 1.82) is 0 Å². The molecule has 1 spiro atoms. The highest BCUT2D eigenvalue weighted by atomic mass is 35.5. The molecule has 0 saturated carbocycles. The summed E-state index contributed by atoms with van der Waals surface area (Å²) >= 11 is 12.7. The van der Waals surface area contributed by atoms with Gasteiger partial charge < -0.3 is 24.1 Å². The molecule has 0 bridgehead atoms. The van der Waals surface area contributed by atoms with E-state index in [-0.39, 0.29) is 23.6 Å². The Bertz CT molecular complexity index is 1760. The predicted octanol–water partition coefficient (Wildman–Crippen LogP) is 5.11. The van der Waals surface area contributed by atoms with Gasteiger partial charge in [-0.15, -0.1) is 0 Å². The number of nitrogens with one attached hydrogen (secondary N) is 1. The largest absolute Gasteiger partial charge is 0.495 e. The zero-order valence-corrected chi connectivity index (χ0v) is 24.2. The van der Waals surface area contributed by atoms with E-state index in [0.29, 0.717) is 49.8 Å². The van der Waals surface area contributed by atoms with Gasteiger partial charge in [0.05, 0.1) is 38.3 Å². The second-order valence-electron chi connectivity index (χ2n) is 9.69. The minimum atomic E-state index is -1.68. The van der Waals surface area contributed by atoms with Gasteiger partial charge in [0.15, 0.2) is 11.2 Å². The molecular weight excluding hydrogens is 571 g/mol. The molecule has 2 aliphatic rings. The third-order valence-electron chi connectivity index (χ3n) is 7.19. The quantitative estimate of drug-likeness (QED) is 0.327. The SMILES string of the molecule is COc1ncc(-c2nc3c(n2C(C)C)[C@]2(C(=O)Nc4cc(Cl)ccc42)N(c2cc(Cl)ccc2OC)C3=O)c(OC)n1. The Kier molecular flexibility index (Phi) is 6.31. The summed E-state index contributed by atoms with van der Waals surface area (Å²) in [6.07, 6.45) is 1.51. The molecule has 2 amide bonds. The topological polar surface area (TPSA) is 121 Å². The van der Waals surface area contributed by atoms with E-state index in [1.54, 1.807) is 36.4 Å². The second-order valence-corrected chi connectivity index (χ2v) is 10.6. The number of anilines is 2. The summed E-state index contributed by atoms with van der Waals surface area (Å²) in [5, 5.41) is 3.72. The number of hydrogen-bond acceptors (Lipinski definition) is 8. The van der Waals surface area contributed by atoms with Crippen LogP contribution in [0.25, 0.3) is 11.4 Å². The summed E-state index contributed by atoms with van der Waals surface area (Å²) in [5.74, 6) is -0.0858. The maximum atomic E-state index is 14.5. The van der Waals surface area contributed by atoms with Crippen molar-refractivity contribution in [3.05, 3.63) is 69.6 Å². The second kappa shape index (κ2) is 9.64. The first-order valence-corrected chi connectivity index (χ1v) is 13.3. The molecule has 0 unspecified atom stereocenters. The molecule has 4 aromatic rings. The van der Waals surface area contributed by atoms with E-state index < -0.39 is 17.4 Å². The van der Waals surface area contributed by atoms with Crippen molar-refractivity contribution in [3.8, 4) is 29.0 Å². The Balaban J connectivity index is 1.73. The summed E-state index contributed by atoms with van der Waals surface area (Å²) in [6.45, 7) is 3.86. The summed E-state index contributed by atoms with van der Waals surface area (Å²) in [7, 11) is 4.39. The lowest BCUT2D eigenvalue weighted by molar-refractivity contribution is -0.119. The average molecular weight is 595 g/mol. The van der Waals surface area contributed by atoms with Crippen LogP contribution in [0.2, 0.25) is 10.0 Å². The van der Waals surface area contributed by atoms with Crippen LogP contribution in [0.15, 0.2) is 42.6 Å². The fourth-order valence-electron chi connectivity index (χ4n) is 5.60. The average Bonchev–Trinajstić information content (AvgIpc) is 3.56. The van der Waals surface area contributed by atoms with Gasteiger partial charge in [-0.05, 0) is 44.2 Å². The molecule has 2 aromatic carbocycles. The van der Waals surface area contributed by atoms with Gasteiger partial charge in [0.1, 0.15) is 11.6 Å². The molecule has 41 heavy (non-hydrogen) atoms. The van der Waals surface area contributed by atoms with Crippen LogP contribution < -0.4 is 24.4 Å². The minimum absolute atomic E-state index is 0.0755. The smallest absolute Gasteiger partial charge is 0.319 e. The van der Waals surface area contributed by atoms with Crippen LogP contribution >= 0.6 is 23.2 Å². The highest BCUT2D eigenvalue weighted by Crippen LogP contribution is 2.56. The lowest BCUT2D eigenvalue weighted by atomic mass is 9.87. The van der Waals surface area contributed by atoms with Crippen LogP contribution in [0.3, 0.4) is 0 Å². The molecule has 0 aliphatic carbocycles. The Morgan fingerprint density at radius 3 is 2.37 bits per heavy atom. The normalized spacial score (nSPS) is 17.2. The number of carbonyl (C=O) groups is 2. The van der Waals surface area contributed by atoms with Crippen molar-refractivity contribution in [2.24, 2.45) is 0 Å². The van der Waals surface area contributed by atoms with Crippen molar-refractivity contribution in [3.63, 3.8) is 0 Å². The molecule has 1 N–H and O–H groups in total. The van der Waals surface area contributed by atoms with Crippen molar-refractivity contribution >= 4 is 46.4 Å². The molecule has 6 rings (SSSR count). The van der Waals surface area contributed by atoms with Gasteiger partial charge in [0, 0.05) is 33.5 Å². The highest BCUT2D eigenvalue weighted by Gasteiger charge is 2.64. The van der Waals surface area contributed by atoms with Gasteiger partial charge in [-0.2, -0.15) is 4.98 Å². The Morgan fingerprint density at radius 1 is 0.951 bits per heavy atom. The van der Waals surface area contributed by atoms with E-state index in [4.69, 9.17) is 42.4 Å². The number of halogens is 2. The number of methoxy groups -OCH3 is 3. The number of imidazole rings is 1. The number of ether oxygens (including phenoxy) is 3. The zero-order valence-electron chi connectivity index (χ0n) is 22.7. The van der Waals surface area contributed by atoms with Crippen molar-refractivity contribution in [2.45, 2.75) is 25.4 Å². The van der Waals surface area contributed by atoms with Crippen molar-refractivity contribution in [2.75, 3.05) is 31.5 Å². The molecule has 0 radical (unpaired) electrons. The third-order valence-corrected chi connectivity index (χ3v) is 7.66. The van der Waals surface area contributed by atoms with Crippen molar-refractivity contribution in [1.82, 2.24) is 19.5 Å². The molecule has 2 aromatic heterocycles. The number of carbonyl (C=O) groups excluding carboxylic acids is 2. The first kappa shape index (κ1) is 26.9. The van der Waals surface area contributed by atoms with Crippen LogP contribution in [0, 0.1) is 0 Å². The van der Waals surface area contributed by atoms with Gasteiger partial charge in [-0.3, -0.25) is 14.5 Å². The van der Waals surface area contributed by atoms with E-state index in [1.165, 1.54) is 32.4 Å². The fraction of sp³-hybridized carbons (Fsp3) is 0.250. The number of aromatic nitrogens is 4. The zero-order chi connectivity index (χ0) is 29.2. The molecule has 4 heterocycles. The van der Waals surface area contributed by atoms with Crippen LogP contribution in [0.5, 0.6) is 17.6 Å². The van der Waals surface area contributed by atoms with Crippen LogP contribution in [-0.4, -0.2) is 52.7 Å². The fourth-order valence-corrected chi connectivity index (χ4v) is 5.94. The molecule has 2 aliphatic heterocycles. The molecule has 0 saturated heterocycles. The van der Waals surface area contributed by atoms with Crippen LogP contribution in [0.1, 0.15) is 41.6 Å². The van der Waals surface area contributed by atoms with Gasteiger partial charge >= 0.3 is 6.01 Å². The molecule has 11 nitrogen and oxygen atoms in total. The first-order chi connectivity index (χ1) is 19.7. The summed E-state index contributed by atoms with van der Waals surface area (Å²) < 4.78 is 18.2. The number of benzene rings is 2. The van der Waals surface area contributed by atoms with E-state index >= 15 is 0 Å². The Hall–Kier alpha value is -4.35. The molecule has 210 valence electrons. The lowest BCUT2D eigenvalue weighted by Gasteiger charge is -2.36. The summed E-state index contributed by atoms with van der Waals surface area (Å²) in [4.78, 5) is 43.6. The molecule has 1 atom stereocenters. The highest BCUT2D eigenvalue weighted by molar-refractivity contribution is 6.32. The van der Waals surface area contributed by atoms with E-state index in [9.17, 15) is 9.59 Å². The number of amides is 2. The van der Waals surface area contributed by atoms with Crippen LogP contribution in [0.4, 0.5) is 11.4 Å². The number of fused-ring (bicyclic) bond motifs is 4. The van der Waals surface area contributed by atoms with Gasteiger partial charge in [0.2, 0.25) is 5.88 Å². The maximum absolute atomic E-state index is 14.5. The predicted molar refractivity (Wildman–Crippen MR) is 152 cm³/mol. The number of nitrogens with zero attached hydrogens (tertiary/aromatic N) is 5. The van der Waals surface area contributed by atoms with E-state index in [2.05, 4.69) is 15.3 Å². The maximum Gasteiger partial charge on any atom is 0.319 e. The standard InChI is InChI=1S/C28H24Cl2N6O5/c1-13(2)35-22-21(33-23(35)16-12-31-27(41-5)34-24(16)40-4)25(37)36(19-11-15(30)7-9-20(19)39-3)28(22)17-8-6-14(29)10-18(17)32-26(28)38/h6-13H,1-5H3,(H,32,38)/t28-/m1/s1. The summed E-state index contributed by atoms with van der Waals surface area (Å²) in [6, 6.07) is 9.77. The molecular formula is C28H24Cl2N6O5. The first-order valence-electron chi connectivity index (χ1n) is 12.5. The van der Waals surface area contributed by atoms with Gasteiger partial charge in [0.25, 0.3) is 11.8 Å².